The molecule has 228 valence electrons. The minimum absolute atomic E-state index is 0.00822. The molecule has 2 aromatic carbocycles. The van der Waals surface area contributed by atoms with Gasteiger partial charge in [0.2, 0.25) is 0 Å². The molecule has 0 bridgehead atoms. The summed E-state index contributed by atoms with van der Waals surface area (Å²) in [5.41, 5.74) is 1.40. The van der Waals surface area contributed by atoms with E-state index in [4.69, 9.17) is 23.7 Å². The fraction of sp³-hybridized carbons (Fsp3) is 0.559. The molecular formula is C34H44FNO6. The molecule has 1 amide bonds. The van der Waals surface area contributed by atoms with Crippen molar-refractivity contribution in [2.75, 3.05) is 26.3 Å². The van der Waals surface area contributed by atoms with Gasteiger partial charge in [-0.3, -0.25) is 0 Å². The summed E-state index contributed by atoms with van der Waals surface area (Å²) in [5, 5.41) is 0. The summed E-state index contributed by atoms with van der Waals surface area (Å²) in [6, 6.07) is 12.2. The minimum atomic E-state index is -0.632. The smallest absolute Gasteiger partial charge is 0.410 e. The number of halogens is 1. The van der Waals surface area contributed by atoms with Crippen LogP contribution in [0, 0.1) is 11.7 Å². The van der Waals surface area contributed by atoms with E-state index in [1.54, 1.807) is 17.0 Å². The van der Waals surface area contributed by atoms with Crippen LogP contribution in [0.25, 0.3) is 0 Å². The second-order valence-electron chi connectivity index (χ2n) is 13.3. The van der Waals surface area contributed by atoms with E-state index >= 15 is 0 Å². The lowest BCUT2D eigenvalue weighted by molar-refractivity contribution is -0.231. The Kier molecular flexibility index (Phi) is 8.59. The van der Waals surface area contributed by atoms with Crippen molar-refractivity contribution in [1.29, 1.82) is 0 Å². The highest BCUT2D eigenvalue weighted by molar-refractivity contribution is 5.68. The summed E-state index contributed by atoms with van der Waals surface area (Å²) in [4.78, 5) is 14.7. The molecule has 5 rings (SSSR count). The molecule has 0 saturated carbocycles. The predicted molar refractivity (Wildman–Crippen MR) is 158 cm³/mol. The summed E-state index contributed by atoms with van der Waals surface area (Å²) < 4.78 is 45.0. The van der Waals surface area contributed by atoms with E-state index in [-0.39, 0.29) is 23.9 Å². The molecule has 4 atom stereocenters. The van der Waals surface area contributed by atoms with Crippen molar-refractivity contribution in [2.45, 2.75) is 90.3 Å². The van der Waals surface area contributed by atoms with Crippen LogP contribution >= 0.6 is 0 Å². The average Bonchev–Trinajstić information content (AvgIpc) is 2.92. The van der Waals surface area contributed by atoms with Crippen LogP contribution in [0.15, 0.2) is 54.1 Å². The maximum Gasteiger partial charge on any atom is 0.410 e. The number of hydrogen-bond acceptors (Lipinski definition) is 6. The Balaban J connectivity index is 1.38. The first kappa shape index (κ1) is 30.4. The lowest BCUT2D eigenvalue weighted by Gasteiger charge is -2.55. The molecule has 0 N–H and O–H groups in total. The molecule has 2 aromatic rings. The summed E-state index contributed by atoms with van der Waals surface area (Å²) in [6.07, 6.45) is 4.11. The number of carbonyl (C=O) groups excluding carboxylic acids is 1. The highest BCUT2D eigenvalue weighted by Gasteiger charge is 2.55. The van der Waals surface area contributed by atoms with E-state index in [1.165, 1.54) is 17.7 Å². The Bertz CT molecular complexity index is 1300. The Morgan fingerprint density at radius 1 is 1.17 bits per heavy atom. The molecule has 3 aliphatic rings. The van der Waals surface area contributed by atoms with Crippen molar-refractivity contribution in [3.63, 3.8) is 0 Å². The maximum atomic E-state index is 13.3. The van der Waals surface area contributed by atoms with Crippen molar-refractivity contribution in [2.24, 2.45) is 5.92 Å². The van der Waals surface area contributed by atoms with E-state index in [1.807, 2.05) is 39.0 Å². The molecule has 3 heterocycles. The van der Waals surface area contributed by atoms with Gasteiger partial charge in [-0.2, -0.15) is 0 Å². The quantitative estimate of drug-likeness (QED) is 0.332. The topological polar surface area (TPSA) is 66.5 Å². The standard InChI is InChI=1S/C34H44FNO6/c1-23(2)8-7-15-33(6)28-19-34(21-36(16-17-40-34)31(37)42-32(3,4)5)22-39-30(28)27-14-13-26(18-29(27)41-33)38-20-24-9-11-25(35)12-10-24/h8-14,18,28,30H,7,15-17,19-22H2,1-6H3/t28-,30+,33+,34+/m0/s1. The second-order valence-corrected chi connectivity index (χ2v) is 13.3. The van der Waals surface area contributed by atoms with Gasteiger partial charge < -0.3 is 28.6 Å². The van der Waals surface area contributed by atoms with Crippen LogP contribution in [-0.4, -0.2) is 54.1 Å². The minimum Gasteiger partial charge on any atom is -0.489 e. The third-order valence-electron chi connectivity index (χ3n) is 8.31. The summed E-state index contributed by atoms with van der Waals surface area (Å²) in [7, 11) is 0. The number of fused-ring (bicyclic) bond motifs is 3. The number of amides is 1. The normalized spacial score (nSPS) is 27.0. The number of carbonyl (C=O) groups is 1. The van der Waals surface area contributed by atoms with Gasteiger partial charge in [-0.1, -0.05) is 23.8 Å². The van der Waals surface area contributed by atoms with E-state index < -0.39 is 16.8 Å². The molecule has 0 aliphatic carbocycles. The molecule has 3 aliphatic heterocycles. The maximum absolute atomic E-state index is 13.3. The highest BCUT2D eigenvalue weighted by Crippen LogP contribution is 2.54. The van der Waals surface area contributed by atoms with Crippen molar-refractivity contribution >= 4 is 6.09 Å². The Labute approximate surface area is 248 Å². The van der Waals surface area contributed by atoms with E-state index in [9.17, 15) is 9.18 Å². The zero-order valence-corrected chi connectivity index (χ0v) is 25.7. The van der Waals surface area contributed by atoms with Gasteiger partial charge in [0.1, 0.15) is 40.7 Å². The van der Waals surface area contributed by atoms with Crippen LogP contribution in [0.5, 0.6) is 11.5 Å². The first-order valence-electron chi connectivity index (χ1n) is 14.9. The van der Waals surface area contributed by atoms with Crippen LogP contribution < -0.4 is 9.47 Å². The van der Waals surface area contributed by atoms with E-state index in [2.05, 4.69) is 26.8 Å². The Hall–Kier alpha value is -3.10. The third-order valence-corrected chi connectivity index (χ3v) is 8.31. The van der Waals surface area contributed by atoms with Crippen LogP contribution in [0.1, 0.15) is 78.0 Å². The molecule has 2 saturated heterocycles. The van der Waals surface area contributed by atoms with Crippen LogP contribution in [0.4, 0.5) is 9.18 Å². The number of allylic oxidation sites excluding steroid dienone is 2. The van der Waals surface area contributed by atoms with Crippen molar-refractivity contribution in [3.05, 3.63) is 71.1 Å². The highest BCUT2D eigenvalue weighted by atomic mass is 19.1. The van der Waals surface area contributed by atoms with Crippen molar-refractivity contribution in [1.82, 2.24) is 4.90 Å². The van der Waals surface area contributed by atoms with Gasteiger partial charge in [-0.05, 0) is 90.6 Å². The molecule has 1 spiro atoms. The van der Waals surface area contributed by atoms with Gasteiger partial charge in [-0.25, -0.2) is 9.18 Å². The predicted octanol–water partition coefficient (Wildman–Crippen LogP) is 7.39. The molecule has 0 unspecified atom stereocenters. The van der Waals surface area contributed by atoms with Gasteiger partial charge in [0.25, 0.3) is 0 Å². The van der Waals surface area contributed by atoms with Gasteiger partial charge in [-0.15, -0.1) is 0 Å². The van der Waals surface area contributed by atoms with Gasteiger partial charge in [0.05, 0.1) is 25.9 Å². The van der Waals surface area contributed by atoms with E-state index in [0.29, 0.717) is 45.1 Å². The van der Waals surface area contributed by atoms with Crippen molar-refractivity contribution in [3.8, 4) is 11.5 Å². The van der Waals surface area contributed by atoms with Gasteiger partial charge in [0.15, 0.2) is 0 Å². The molecule has 0 radical (unpaired) electrons. The zero-order chi connectivity index (χ0) is 30.1. The molecule has 8 heteroatoms. The summed E-state index contributed by atoms with van der Waals surface area (Å²) in [6.45, 7) is 14.0. The largest absolute Gasteiger partial charge is 0.489 e. The number of rotatable bonds is 6. The van der Waals surface area contributed by atoms with Crippen LogP contribution in [0.3, 0.4) is 0 Å². The fourth-order valence-electron chi connectivity index (χ4n) is 6.19. The average molecular weight is 582 g/mol. The number of hydrogen-bond donors (Lipinski definition) is 0. The SMILES string of the molecule is CC(C)=CCC[C@@]1(C)Oc2cc(OCc3ccc(F)cc3)ccc2[C@H]2OC[C@@]3(C[C@@H]21)CN(C(=O)OC(C)(C)C)CCO3. The first-order valence-corrected chi connectivity index (χ1v) is 14.9. The fourth-order valence-corrected chi connectivity index (χ4v) is 6.19. The van der Waals surface area contributed by atoms with Crippen molar-refractivity contribution < 1.29 is 32.9 Å². The molecule has 2 fully saturated rings. The zero-order valence-electron chi connectivity index (χ0n) is 25.7. The third kappa shape index (κ3) is 6.92. The monoisotopic (exact) mass is 581 g/mol. The number of nitrogens with zero attached hydrogens (tertiary/aromatic N) is 1. The molecular weight excluding hydrogens is 537 g/mol. The van der Waals surface area contributed by atoms with Crippen LogP contribution in [0.2, 0.25) is 0 Å². The molecule has 0 aromatic heterocycles. The lowest BCUT2D eigenvalue weighted by Crippen LogP contribution is -2.63. The number of ether oxygens (including phenoxy) is 5. The van der Waals surface area contributed by atoms with E-state index in [0.717, 1.165) is 29.7 Å². The number of benzene rings is 2. The number of morpholine rings is 1. The molecule has 42 heavy (non-hydrogen) atoms. The summed E-state index contributed by atoms with van der Waals surface area (Å²) in [5.74, 6) is 1.17. The summed E-state index contributed by atoms with van der Waals surface area (Å²) >= 11 is 0. The van der Waals surface area contributed by atoms with Gasteiger partial charge >= 0.3 is 6.09 Å². The Morgan fingerprint density at radius 3 is 2.64 bits per heavy atom. The first-order chi connectivity index (χ1) is 19.8. The molecule has 7 nitrogen and oxygen atoms in total. The second kappa shape index (κ2) is 11.9. The Morgan fingerprint density at radius 2 is 1.93 bits per heavy atom. The van der Waals surface area contributed by atoms with Gasteiger partial charge in [0, 0.05) is 24.1 Å². The van der Waals surface area contributed by atoms with Crippen LogP contribution in [-0.2, 0) is 20.8 Å². The lowest BCUT2D eigenvalue weighted by atomic mass is 9.69.